The summed E-state index contributed by atoms with van der Waals surface area (Å²) in [4.78, 5) is 13.9. The molecule has 1 amide bonds. The summed E-state index contributed by atoms with van der Waals surface area (Å²) in [6, 6.07) is 3.90. The van der Waals surface area contributed by atoms with Gasteiger partial charge in [-0.15, -0.1) is 0 Å². The third-order valence-electron chi connectivity index (χ3n) is 3.27. The van der Waals surface area contributed by atoms with Gasteiger partial charge in [-0.3, -0.25) is 4.79 Å². The fourth-order valence-electron chi connectivity index (χ4n) is 2.37. The molecule has 1 aliphatic heterocycles. The molecular weight excluding hydrogens is 230 g/mol. The molecule has 0 aromatic carbocycles. The van der Waals surface area contributed by atoms with E-state index in [0.717, 1.165) is 25.1 Å². The minimum atomic E-state index is 0.00000283. The largest absolute Gasteiger partial charge is 0.462 e. The Hall–Kier alpha value is -1.55. The number of amides is 1. The molecular formula is C14H19NO3. The molecule has 2 heterocycles. The molecule has 1 fully saturated rings. The number of aryl methyl sites for hydroxylation is 1. The van der Waals surface area contributed by atoms with Gasteiger partial charge in [-0.25, -0.2) is 0 Å². The summed E-state index contributed by atoms with van der Waals surface area (Å²) in [6.45, 7) is 2.79. The highest BCUT2D eigenvalue weighted by Gasteiger charge is 2.26. The molecule has 0 aliphatic carbocycles. The second-order valence-electron chi connectivity index (χ2n) is 4.62. The molecule has 4 heteroatoms. The van der Waals surface area contributed by atoms with Gasteiger partial charge in [-0.05, 0) is 44.4 Å². The number of rotatable bonds is 4. The summed E-state index contributed by atoms with van der Waals surface area (Å²) < 4.78 is 5.37. The van der Waals surface area contributed by atoms with Gasteiger partial charge in [0.15, 0.2) is 0 Å². The van der Waals surface area contributed by atoms with Crippen molar-refractivity contribution in [2.24, 2.45) is 0 Å². The van der Waals surface area contributed by atoms with Gasteiger partial charge in [-0.1, -0.05) is 0 Å². The summed E-state index contributed by atoms with van der Waals surface area (Å²) in [5, 5.41) is 8.97. The summed E-state index contributed by atoms with van der Waals surface area (Å²) in [5.41, 5.74) is 0. The predicted molar refractivity (Wildman–Crippen MR) is 68.9 cm³/mol. The molecule has 0 spiro atoms. The Morgan fingerprint density at radius 2 is 2.44 bits per heavy atom. The first-order chi connectivity index (χ1) is 8.70. The second-order valence-corrected chi connectivity index (χ2v) is 4.62. The molecule has 0 saturated carbocycles. The van der Waals surface area contributed by atoms with Crippen LogP contribution in [0.4, 0.5) is 0 Å². The van der Waals surface area contributed by atoms with E-state index in [9.17, 15) is 4.79 Å². The van der Waals surface area contributed by atoms with Crippen molar-refractivity contribution >= 4 is 12.0 Å². The zero-order valence-corrected chi connectivity index (χ0v) is 10.6. The van der Waals surface area contributed by atoms with E-state index >= 15 is 0 Å². The van der Waals surface area contributed by atoms with Crippen LogP contribution in [0.2, 0.25) is 0 Å². The molecule has 1 aliphatic rings. The maximum absolute atomic E-state index is 12.0. The van der Waals surface area contributed by atoms with E-state index in [-0.39, 0.29) is 18.6 Å². The lowest BCUT2D eigenvalue weighted by Crippen LogP contribution is -2.34. The Morgan fingerprint density at radius 1 is 1.61 bits per heavy atom. The molecule has 18 heavy (non-hydrogen) atoms. The Morgan fingerprint density at radius 3 is 3.11 bits per heavy atom. The van der Waals surface area contributed by atoms with Crippen LogP contribution in [0.15, 0.2) is 22.6 Å². The van der Waals surface area contributed by atoms with Gasteiger partial charge < -0.3 is 14.4 Å². The summed E-state index contributed by atoms with van der Waals surface area (Å²) in [6.07, 6.45) is 5.92. The lowest BCUT2D eigenvalue weighted by Gasteiger charge is -2.22. The average molecular weight is 249 g/mol. The maximum atomic E-state index is 12.0. The maximum Gasteiger partial charge on any atom is 0.246 e. The van der Waals surface area contributed by atoms with Gasteiger partial charge in [0.2, 0.25) is 5.91 Å². The first-order valence-electron chi connectivity index (χ1n) is 6.36. The minimum Gasteiger partial charge on any atom is -0.462 e. The number of aliphatic hydroxyl groups is 1. The van der Waals surface area contributed by atoms with Gasteiger partial charge in [0.1, 0.15) is 11.5 Å². The number of nitrogens with zero attached hydrogens (tertiary/aromatic N) is 1. The molecule has 2 rings (SSSR count). The van der Waals surface area contributed by atoms with Gasteiger partial charge >= 0.3 is 0 Å². The molecule has 1 aromatic heterocycles. The fraction of sp³-hybridized carbons (Fsp3) is 0.500. The van der Waals surface area contributed by atoms with Crippen LogP contribution >= 0.6 is 0 Å². The quantitative estimate of drug-likeness (QED) is 0.830. The van der Waals surface area contributed by atoms with Crippen molar-refractivity contribution in [3.8, 4) is 0 Å². The molecule has 0 radical (unpaired) electrons. The molecule has 4 nitrogen and oxygen atoms in total. The van der Waals surface area contributed by atoms with E-state index in [1.165, 1.54) is 0 Å². The van der Waals surface area contributed by atoms with Crippen LogP contribution in [-0.2, 0) is 4.79 Å². The number of hydrogen-bond acceptors (Lipinski definition) is 3. The lowest BCUT2D eigenvalue weighted by atomic mass is 10.1. The van der Waals surface area contributed by atoms with Crippen LogP contribution in [-0.4, -0.2) is 35.1 Å². The van der Waals surface area contributed by atoms with Crippen LogP contribution in [0.3, 0.4) is 0 Å². The van der Waals surface area contributed by atoms with Crippen molar-refractivity contribution < 1.29 is 14.3 Å². The first-order valence-corrected chi connectivity index (χ1v) is 6.36. The zero-order valence-electron chi connectivity index (χ0n) is 10.6. The van der Waals surface area contributed by atoms with Gasteiger partial charge in [-0.2, -0.15) is 0 Å². The van der Waals surface area contributed by atoms with Crippen LogP contribution in [0, 0.1) is 6.92 Å². The topological polar surface area (TPSA) is 53.7 Å². The Kier molecular flexibility index (Phi) is 4.20. The van der Waals surface area contributed by atoms with Crippen molar-refractivity contribution in [3.63, 3.8) is 0 Å². The van der Waals surface area contributed by atoms with Crippen molar-refractivity contribution in [2.45, 2.75) is 32.2 Å². The van der Waals surface area contributed by atoms with Crippen LogP contribution in [0.5, 0.6) is 0 Å². The highest BCUT2D eigenvalue weighted by molar-refractivity contribution is 5.91. The molecule has 1 unspecified atom stereocenters. The zero-order chi connectivity index (χ0) is 13.0. The van der Waals surface area contributed by atoms with Gasteiger partial charge in [0, 0.05) is 25.3 Å². The molecule has 0 bridgehead atoms. The number of hydrogen-bond donors (Lipinski definition) is 1. The first kappa shape index (κ1) is 12.9. The Labute approximate surface area is 107 Å². The molecule has 98 valence electrons. The number of carbonyl (C=O) groups is 1. The highest BCUT2D eigenvalue weighted by Crippen LogP contribution is 2.20. The van der Waals surface area contributed by atoms with E-state index in [0.29, 0.717) is 12.2 Å². The molecule has 1 saturated heterocycles. The Balaban J connectivity index is 1.96. The normalized spacial score (nSPS) is 19.9. The standard InChI is InChI=1S/C14H19NO3/c1-11-4-5-13(18-11)6-7-14(17)15-9-2-3-12(15)8-10-16/h4-7,12,16H,2-3,8-10H2,1H3/b7-6+. The predicted octanol–water partition coefficient (Wildman–Crippen LogP) is 1.97. The van der Waals surface area contributed by atoms with Gasteiger partial charge in [0.25, 0.3) is 0 Å². The SMILES string of the molecule is Cc1ccc(/C=C/C(=O)N2CCCC2CCO)o1. The molecule has 1 aromatic rings. The highest BCUT2D eigenvalue weighted by atomic mass is 16.3. The monoisotopic (exact) mass is 249 g/mol. The van der Waals surface area contributed by atoms with E-state index in [2.05, 4.69) is 0 Å². The van der Waals surface area contributed by atoms with Crippen molar-refractivity contribution in [1.29, 1.82) is 0 Å². The van der Waals surface area contributed by atoms with E-state index in [1.54, 1.807) is 12.2 Å². The van der Waals surface area contributed by atoms with Gasteiger partial charge in [0.05, 0.1) is 0 Å². The van der Waals surface area contributed by atoms with E-state index in [4.69, 9.17) is 9.52 Å². The second kappa shape index (κ2) is 5.87. The Bertz CT molecular complexity index is 436. The number of furan rings is 1. The van der Waals surface area contributed by atoms with Crippen molar-refractivity contribution in [3.05, 3.63) is 29.7 Å². The van der Waals surface area contributed by atoms with Crippen LogP contribution < -0.4 is 0 Å². The average Bonchev–Trinajstić information content (AvgIpc) is 2.96. The van der Waals surface area contributed by atoms with Crippen LogP contribution in [0.25, 0.3) is 6.08 Å². The van der Waals surface area contributed by atoms with E-state index < -0.39 is 0 Å². The third kappa shape index (κ3) is 3.01. The van der Waals surface area contributed by atoms with Crippen LogP contribution in [0.1, 0.15) is 30.8 Å². The lowest BCUT2D eigenvalue weighted by molar-refractivity contribution is -0.126. The molecule has 1 N–H and O–H groups in total. The minimum absolute atomic E-state index is 0.00000283. The van der Waals surface area contributed by atoms with E-state index in [1.807, 2.05) is 24.0 Å². The third-order valence-corrected chi connectivity index (χ3v) is 3.27. The summed E-state index contributed by atoms with van der Waals surface area (Å²) in [7, 11) is 0. The van der Waals surface area contributed by atoms with Crippen molar-refractivity contribution in [2.75, 3.05) is 13.2 Å². The number of likely N-dealkylation sites (tertiary alicyclic amines) is 1. The summed E-state index contributed by atoms with van der Waals surface area (Å²) in [5.74, 6) is 1.53. The number of carbonyl (C=O) groups excluding carboxylic acids is 1. The molecule has 1 atom stereocenters. The smallest absolute Gasteiger partial charge is 0.246 e. The number of aliphatic hydroxyl groups excluding tert-OH is 1. The fourth-order valence-corrected chi connectivity index (χ4v) is 2.37. The summed E-state index contributed by atoms with van der Waals surface area (Å²) >= 11 is 0. The van der Waals surface area contributed by atoms with Crippen molar-refractivity contribution in [1.82, 2.24) is 4.90 Å².